The molecule has 6 nitrogen and oxygen atoms in total. The minimum atomic E-state index is -0.137. The molecule has 2 aromatic carbocycles. The van der Waals surface area contributed by atoms with Crippen molar-refractivity contribution in [1.82, 2.24) is 20.1 Å². The molecule has 7 heteroatoms. The monoisotopic (exact) mass is 406 g/mol. The molecule has 29 heavy (non-hydrogen) atoms. The molecule has 4 rings (SSSR count). The average Bonchev–Trinajstić information content (AvgIpc) is 3.24. The predicted octanol–water partition coefficient (Wildman–Crippen LogP) is 4.25. The molecule has 0 atom stereocenters. The molecule has 0 spiro atoms. The van der Waals surface area contributed by atoms with E-state index in [1.807, 2.05) is 32.2 Å². The SMILES string of the molecule is COc1c2ccc(C(=O)NCc3sc(-c4ccccc4C)nc3C)cc2nn1C. The number of hydrogen-bond acceptors (Lipinski definition) is 5. The van der Waals surface area contributed by atoms with Crippen LogP contribution in [0.15, 0.2) is 42.5 Å². The standard InChI is InChI=1S/C22H22N4O2S/c1-13-7-5-6-8-16(13)21-24-14(2)19(29-21)12-23-20(27)15-9-10-17-18(11-15)25-26(3)22(17)28-4/h5-11H,12H2,1-4H3,(H,23,27). The van der Waals surface area contributed by atoms with Crippen molar-refractivity contribution < 1.29 is 9.53 Å². The van der Waals surface area contributed by atoms with E-state index in [1.54, 1.807) is 35.3 Å². The number of ether oxygens (including phenoxy) is 1. The highest BCUT2D eigenvalue weighted by molar-refractivity contribution is 7.15. The summed E-state index contributed by atoms with van der Waals surface area (Å²) in [6.07, 6.45) is 0. The number of rotatable bonds is 5. The Bertz CT molecular complexity index is 1210. The zero-order valence-corrected chi connectivity index (χ0v) is 17.6. The molecule has 2 heterocycles. The first kappa shape index (κ1) is 19.1. The van der Waals surface area contributed by atoms with Gasteiger partial charge >= 0.3 is 0 Å². The summed E-state index contributed by atoms with van der Waals surface area (Å²) in [5.74, 6) is 0.540. The Hall–Kier alpha value is -3.19. The van der Waals surface area contributed by atoms with Crippen LogP contribution in [0.1, 0.15) is 26.5 Å². The molecule has 0 aliphatic carbocycles. The van der Waals surface area contributed by atoms with Crippen LogP contribution in [0.2, 0.25) is 0 Å². The molecule has 4 aromatic rings. The molecule has 2 aromatic heterocycles. The van der Waals surface area contributed by atoms with Gasteiger partial charge in [-0.2, -0.15) is 5.10 Å². The Morgan fingerprint density at radius 2 is 2.00 bits per heavy atom. The Labute approximate surface area is 173 Å². The summed E-state index contributed by atoms with van der Waals surface area (Å²) < 4.78 is 7.03. The fraction of sp³-hybridized carbons (Fsp3) is 0.227. The Morgan fingerprint density at radius 1 is 1.21 bits per heavy atom. The van der Waals surface area contributed by atoms with Crippen molar-refractivity contribution in [2.75, 3.05) is 7.11 Å². The summed E-state index contributed by atoms with van der Waals surface area (Å²) in [5, 5.41) is 9.27. The van der Waals surface area contributed by atoms with Gasteiger partial charge in [-0.05, 0) is 37.6 Å². The molecule has 0 aliphatic rings. The van der Waals surface area contributed by atoms with E-state index in [9.17, 15) is 4.79 Å². The lowest BCUT2D eigenvalue weighted by Gasteiger charge is -2.04. The van der Waals surface area contributed by atoms with E-state index in [4.69, 9.17) is 9.72 Å². The van der Waals surface area contributed by atoms with Gasteiger partial charge in [0, 0.05) is 23.1 Å². The lowest BCUT2D eigenvalue weighted by atomic mass is 10.1. The van der Waals surface area contributed by atoms with Gasteiger partial charge in [-0.25, -0.2) is 9.67 Å². The second-order valence-corrected chi connectivity index (χ2v) is 7.97. The van der Waals surface area contributed by atoms with Crippen molar-refractivity contribution in [3.05, 3.63) is 64.2 Å². The maximum absolute atomic E-state index is 12.7. The van der Waals surface area contributed by atoms with Crippen molar-refractivity contribution in [2.45, 2.75) is 20.4 Å². The Balaban J connectivity index is 1.51. The predicted molar refractivity (Wildman–Crippen MR) is 115 cm³/mol. The van der Waals surface area contributed by atoms with Crippen molar-refractivity contribution in [1.29, 1.82) is 0 Å². The second kappa shape index (κ2) is 7.67. The summed E-state index contributed by atoms with van der Waals surface area (Å²) in [6, 6.07) is 13.6. The summed E-state index contributed by atoms with van der Waals surface area (Å²) in [6.45, 7) is 4.50. The number of carbonyl (C=O) groups is 1. The number of hydrogen-bond donors (Lipinski definition) is 1. The minimum absolute atomic E-state index is 0.137. The molecule has 148 valence electrons. The van der Waals surface area contributed by atoms with Crippen LogP contribution in [-0.2, 0) is 13.6 Å². The molecule has 0 unspecified atom stereocenters. The molecule has 0 radical (unpaired) electrons. The lowest BCUT2D eigenvalue weighted by Crippen LogP contribution is -2.22. The number of amides is 1. The van der Waals surface area contributed by atoms with Crippen LogP contribution in [-0.4, -0.2) is 27.8 Å². The second-order valence-electron chi connectivity index (χ2n) is 6.89. The van der Waals surface area contributed by atoms with E-state index < -0.39 is 0 Å². The third kappa shape index (κ3) is 3.61. The highest BCUT2D eigenvalue weighted by Crippen LogP contribution is 2.30. The van der Waals surface area contributed by atoms with Gasteiger partial charge < -0.3 is 10.1 Å². The molecule has 0 bridgehead atoms. The number of aryl methyl sites for hydroxylation is 3. The van der Waals surface area contributed by atoms with E-state index in [2.05, 4.69) is 29.5 Å². The molecule has 1 amide bonds. The van der Waals surface area contributed by atoms with Gasteiger partial charge in [-0.3, -0.25) is 4.79 Å². The normalized spacial score (nSPS) is 11.0. The van der Waals surface area contributed by atoms with E-state index in [0.29, 0.717) is 18.0 Å². The summed E-state index contributed by atoms with van der Waals surface area (Å²) in [4.78, 5) is 18.4. The third-order valence-electron chi connectivity index (χ3n) is 4.91. The van der Waals surface area contributed by atoms with Gasteiger partial charge in [0.25, 0.3) is 5.91 Å². The van der Waals surface area contributed by atoms with Crippen molar-refractivity contribution in [2.24, 2.45) is 7.05 Å². The number of nitrogens with one attached hydrogen (secondary N) is 1. The van der Waals surface area contributed by atoms with E-state index in [-0.39, 0.29) is 5.91 Å². The van der Waals surface area contributed by atoms with Gasteiger partial charge in [0.05, 0.1) is 30.3 Å². The number of benzene rings is 2. The Kier molecular flexibility index (Phi) is 5.07. The zero-order chi connectivity index (χ0) is 20.5. The van der Waals surface area contributed by atoms with Crippen molar-refractivity contribution >= 4 is 28.1 Å². The van der Waals surface area contributed by atoms with Gasteiger partial charge in [0.2, 0.25) is 5.88 Å². The summed E-state index contributed by atoms with van der Waals surface area (Å²) in [7, 11) is 3.43. The fourth-order valence-corrected chi connectivity index (χ4v) is 4.44. The number of nitrogens with zero attached hydrogens (tertiary/aromatic N) is 3. The first-order valence-electron chi connectivity index (χ1n) is 9.29. The molecule has 0 saturated carbocycles. The molecule has 0 fully saturated rings. The maximum Gasteiger partial charge on any atom is 0.251 e. The summed E-state index contributed by atoms with van der Waals surface area (Å²) >= 11 is 1.62. The first-order valence-corrected chi connectivity index (χ1v) is 10.1. The van der Waals surface area contributed by atoms with Crippen LogP contribution in [0.3, 0.4) is 0 Å². The van der Waals surface area contributed by atoms with E-state index in [1.165, 1.54) is 5.56 Å². The van der Waals surface area contributed by atoms with E-state index >= 15 is 0 Å². The van der Waals surface area contributed by atoms with Crippen LogP contribution >= 0.6 is 11.3 Å². The largest absolute Gasteiger partial charge is 0.481 e. The quantitative estimate of drug-likeness (QED) is 0.538. The topological polar surface area (TPSA) is 69.0 Å². The van der Waals surface area contributed by atoms with Crippen LogP contribution in [0.4, 0.5) is 0 Å². The van der Waals surface area contributed by atoms with E-state index in [0.717, 1.165) is 32.0 Å². The number of fused-ring (bicyclic) bond motifs is 1. The molecule has 0 saturated heterocycles. The van der Waals surface area contributed by atoms with Crippen LogP contribution in [0.25, 0.3) is 21.5 Å². The smallest absolute Gasteiger partial charge is 0.251 e. The van der Waals surface area contributed by atoms with Crippen LogP contribution in [0.5, 0.6) is 5.88 Å². The molecule has 0 aliphatic heterocycles. The van der Waals surface area contributed by atoms with Crippen LogP contribution < -0.4 is 10.1 Å². The number of aromatic nitrogens is 3. The maximum atomic E-state index is 12.7. The van der Waals surface area contributed by atoms with Crippen molar-refractivity contribution in [3.8, 4) is 16.5 Å². The minimum Gasteiger partial charge on any atom is -0.481 e. The Morgan fingerprint density at radius 3 is 2.76 bits per heavy atom. The molecule has 1 N–H and O–H groups in total. The first-order chi connectivity index (χ1) is 14.0. The van der Waals surface area contributed by atoms with Gasteiger partial charge in [-0.1, -0.05) is 24.3 Å². The molecular weight excluding hydrogens is 384 g/mol. The van der Waals surface area contributed by atoms with Crippen molar-refractivity contribution in [3.63, 3.8) is 0 Å². The zero-order valence-electron chi connectivity index (χ0n) is 16.8. The third-order valence-corrected chi connectivity index (χ3v) is 6.10. The number of carbonyl (C=O) groups excluding carboxylic acids is 1. The van der Waals surface area contributed by atoms with Gasteiger partial charge in [0.15, 0.2) is 0 Å². The fourth-order valence-electron chi connectivity index (χ4n) is 3.34. The summed E-state index contributed by atoms with van der Waals surface area (Å²) in [5.41, 5.74) is 4.56. The number of methoxy groups -OCH3 is 1. The lowest BCUT2D eigenvalue weighted by molar-refractivity contribution is 0.0951. The van der Waals surface area contributed by atoms with Gasteiger partial charge in [0.1, 0.15) is 5.01 Å². The van der Waals surface area contributed by atoms with Crippen LogP contribution in [0, 0.1) is 13.8 Å². The average molecular weight is 407 g/mol. The molecular formula is C22H22N4O2S. The van der Waals surface area contributed by atoms with Gasteiger partial charge in [-0.15, -0.1) is 11.3 Å². The highest BCUT2D eigenvalue weighted by Gasteiger charge is 2.15. The number of thiazole rings is 1. The highest BCUT2D eigenvalue weighted by atomic mass is 32.1.